The zero-order valence-electron chi connectivity index (χ0n) is 10.6. The second-order valence-corrected chi connectivity index (χ2v) is 4.33. The van der Waals surface area contributed by atoms with Gasteiger partial charge in [0, 0.05) is 6.07 Å². The van der Waals surface area contributed by atoms with Gasteiger partial charge in [-0.3, -0.25) is 14.9 Å². The van der Waals surface area contributed by atoms with Crippen LogP contribution < -0.4 is 11.1 Å². The van der Waals surface area contributed by atoms with Crippen molar-refractivity contribution < 1.29 is 9.72 Å². The first-order valence-corrected chi connectivity index (χ1v) is 5.60. The van der Waals surface area contributed by atoms with E-state index in [2.05, 4.69) is 5.32 Å². The van der Waals surface area contributed by atoms with Crippen LogP contribution in [0, 0.1) is 21.4 Å². The molecule has 1 aromatic carbocycles. The number of amides is 1. The molecule has 7 heteroatoms. The van der Waals surface area contributed by atoms with Crippen LogP contribution in [0.1, 0.15) is 25.8 Å². The van der Waals surface area contributed by atoms with Crippen molar-refractivity contribution in [2.24, 2.45) is 5.73 Å². The Hall–Kier alpha value is -2.46. The van der Waals surface area contributed by atoms with E-state index < -0.39 is 16.4 Å². The Kier molecular flexibility index (Phi) is 4.19. The molecule has 3 N–H and O–H groups in total. The minimum atomic E-state index is -1.11. The van der Waals surface area contributed by atoms with Crippen molar-refractivity contribution in [1.82, 2.24) is 0 Å². The summed E-state index contributed by atoms with van der Waals surface area (Å²) in [5.74, 6) is -0.511. The van der Waals surface area contributed by atoms with E-state index in [9.17, 15) is 14.9 Å². The molecule has 0 saturated carbocycles. The number of hydrogen-bond acceptors (Lipinski definition) is 5. The van der Waals surface area contributed by atoms with Gasteiger partial charge in [0.15, 0.2) is 0 Å². The van der Waals surface area contributed by atoms with Gasteiger partial charge in [0.25, 0.3) is 5.69 Å². The minimum Gasteiger partial charge on any atom is -0.319 e. The van der Waals surface area contributed by atoms with Crippen LogP contribution in [0.5, 0.6) is 0 Å². The SMILES string of the molecule is CCC(C)(N)C(=O)Nc1ccc(C#N)cc1[N+](=O)[O-]. The molecule has 1 aromatic rings. The summed E-state index contributed by atoms with van der Waals surface area (Å²) in [6, 6.07) is 5.62. The van der Waals surface area contributed by atoms with Crippen molar-refractivity contribution in [3.63, 3.8) is 0 Å². The highest BCUT2D eigenvalue weighted by Gasteiger charge is 2.28. The van der Waals surface area contributed by atoms with E-state index in [1.54, 1.807) is 13.0 Å². The summed E-state index contributed by atoms with van der Waals surface area (Å²) in [6.07, 6.45) is 0.392. The van der Waals surface area contributed by atoms with E-state index in [-0.39, 0.29) is 16.9 Å². The van der Waals surface area contributed by atoms with Crippen molar-refractivity contribution in [1.29, 1.82) is 5.26 Å². The van der Waals surface area contributed by atoms with Crippen LogP contribution in [-0.4, -0.2) is 16.4 Å². The van der Waals surface area contributed by atoms with Crippen molar-refractivity contribution in [2.45, 2.75) is 25.8 Å². The molecule has 0 radical (unpaired) electrons. The fourth-order valence-electron chi connectivity index (χ4n) is 1.28. The third-order valence-electron chi connectivity index (χ3n) is 2.82. The summed E-state index contributed by atoms with van der Waals surface area (Å²) < 4.78 is 0. The van der Waals surface area contributed by atoms with Gasteiger partial charge in [0.1, 0.15) is 5.69 Å². The molecule has 1 unspecified atom stereocenters. The first-order chi connectivity index (χ1) is 8.81. The molecule has 0 aliphatic heterocycles. The smallest absolute Gasteiger partial charge is 0.294 e. The van der Waals surface area contributed by atoms with E-state index in [0.717, 1.165) is 6.07 Å². The summed E-state index contributed by atoms with van der Waals surface area (Å²) in [4.78, 5) is 22.1. The van der Waals surface area contributed by atoms with E-state index in [1.807, 2.05) is 0 Å². The average molecular weight is 262 g/mol. The average Bonchev–Trinajstić information content (AvgIpc) is 2.38. The first kappa shape index (κ1) is 14.6. The molecule has 0 saturated heterocycles. The van der Waals surface area contributed by atoms with E-state index in [1.165, 1.54) is 19.1 Å². The molecule has 0 aliphatic rings. The molecule has 1 amide bonds. The Balaban J connectivity index is 3.12. The molecular weight excluding hydrogens is 248 g/mol. The number of nitrogens with zero attached hydrogens (tertiary/aromatic N) is 2. The fourth-order valence-corrected chi connectivity index (χ4v) is 1.28. The number of nitriles is 1. The second-order valence-electron chi connectivity index (χ2n) is 4.33. The number of nitrogens with one attached hydrogen (secondary N) is 1. The van der Waals surface area contributed by atoms with E-state index >= 15 is 0 Å². The zero-order chi connectivity index (χ0) is 14.6. The molecule has 0 heterocycles. The van der Waals surface area contributed by atoms with E-state index in [0.29, 0.717) is 6.42 Å². The Morgan fingerprint density at radius 2 is 2.26 bits per heavy atom. The molecule has 0 spiro atoms. The number of nitro benzene ring substituents is 1. The molecule has 19 heavy (non-hydrogen) atoms. The Morgan fingerprint density at radius 3 is 2.74 bits per heavy atom. The highest BCUT2D eigenvalue weighted by molar-refractivity contribution is 5.99. The number of rotatable bonds is 4. The normalized spacial score (nSPS) is 13.2. The maximum atomic E-state index is 11.9. The Bertz CT molecular complexity index is 561. The molecular formula is C12H14N4O3. The third-order valence-corrected chi connectivity index (χ3v) is 2.82. The summed E-state index contributed by atoms with van der Waals surface area (Å²) in [5, 5.41) is 22.0. The van der Waals surface area contributed by atoms with Gasteiger partial charge in [0.2, 0.25) is 5.91 Å². The van der Waals surface area contributed by atoms with Crippen LogP contribution in [0.15, 0.2) is 18.2 Å². The van der Waals surface area contributed by atoms with Gasteiger partial charge in [0.05, 0.1) is 22.1 Å². The maximum Gasteiger partial charge on any atom is 0.294 e. The predicted octanol–water partition coefficient (Wildman–Crippen LogP) is 1.53. The highest BCUT2D eigenvalue weighted by Crippen LogP contribution is 2.26. The van der Waals surface area contributed by atoms with Gasteiger partial charge in [-0.25, -0.2) is 0 Å². The molecule has 1 atom stereocenters. The number of carbonyl (C=O) groups excluding carboxylic acids is 1. The molecule has 0 aliphatic carbocycles. The molecule has 1 rings (SSSR count). The first-order valence-electron chi connectivity index (χ1n) is 5.60. The Morgan fingerprint density at radius 1 is 1.63 bits per heavy atom. The minimum absolute atomic E-state index is 0.0270. The lowest BCUT2D eigenvalue weighted by molar-refractivity contribution is -0.384. The topological polar surface area (TPSA) is 122 Å². The zero-order valence-corrected chi connectivity index (χ0v) is 10.6. The summed E-state index contributed by atoms with van der Waals surface area (Å²) >= 11 is 0. The van der Waals surface area contributed by atoms with Crippen LogP contribution >= 0.6 is 0 Å². The van der Waals surface area contributed by atoms with Crippen molar-refractivity contribution in [3.8, 4) is 6.07 Å². The maximum absolute atomic E-state index is 11.9. The third kappa shape index (κ3) is 3.26. The molecule has 0 aromatic heterocycles. The van der Waals surface area contributed by atoms with Crippen molar-refractivity contribution in [3.05, 3.63) is 33.9 Å². The van der Waals surface area contributed by atoms with Crippen LogP contribution in [0.25, 0.3) is 0 Å². The summed E-state index contributed by atoms with van der Waals surface area (Å²) in [6.45, 7) is 3.28. The standard InChI is InChI=1S/C12H14N4O3/c1-3-12(2,14)11(17)15-9-5-4-8(7-13)6-10(9)16(18)19/h4-6H,3,14H2,1-2H3,(H,15,17). The van der Waals surface area contributed by atoms with Gasteiger partial charge >= 0.3 is 0 Å². The van der Waals surface area contributed by atoms with Gasteiger partial charge in [-0.2, -0.15) is 5.26 Å². The van der Waals surface area contributed by atoms with Crippen LogP contribution in [0.3, 0.4) is 0 Å². The number of nitrogens with two attached hydrogens (primary N) is 1. The van der Waals surface area contributed by atoms with Crippen LogP contribution in [0.4, 0.5) is 11.4 Å². The number of hydrogen-bond donors (Lipinski definition) is 2. The van der Waals surface area contributed by atoms with Crippen LogP contribution in [-0.2, 0) is 4.79 Å². The monoisotopic (exact) mass is 262 g/mol. The molecule has 0 bridgehead atoms. The predicted molar refractivity (Wildman–Crippen MR) is 69.3 cm³/mol. The lowest BCUT2D eigenvalue weighted by Crippen LogP contribution is -2.47. The summed E-state index contributed by atoms with van der Waals surface area (Å²) in [7, 11) is 0. The number of anilines is 1. The summed E-state index contributed by atoms with van der Waals surface area (Å²) in [5.41, 5.74) is 4.49. The number of nitro groups is 1. The lowest BCUT2D eigenvalue weighted by Gasteiger charge is -2.21. The molecule has 0 fully saturated rings. The fraction of sp³-hybridized carbons (Fsp3) is 0.333. The van der Waals surface area contributed by atoms with Crippen molar-refractivity contribution in [2.75, 3.05) is 5.32 Å². The quantitative estimate of drug-likeness (QED) is 0.629. The second kappa shape index (κ2) is 5.46. The molecule has 7 nitrogen and oxygen atoms in total. The Labute approximate surface area is 110 Å². The van der Waals surface area contributed by atoms with E-state index in [4.69, 9.17) is 11.0 Å². The number of benzene rings is 1. The lowest BCUT2D eigenvalue weighted by atomic mass is 9.99. The van der Waals surface area contributed by atoms with Gasteiger partial charge in [-0.15, -0.1) is 0 Å². The van der Waals surface area contributed by atoms with Gasteiger partial charge in [-0.1, -0.05) is 6.92 Å². The molecule has 100 valence electrons. The van der Waals surface area contributed by atoms with Gasteiger partial charge in [-0.05, 0) is 25.5 Å². The number of carbonyl (C=O) groups is 1. The van der Waals surface area contributed by atoms with Crippen molar-refractivity contribution >= 4 is 17.3 Å². The largest absolute Gasteiger partial charge is 0.319 e. The van der Waals surface area contributed by atoms with Crippen LogP contribution in [0.2, 0.25) is 0 Å². The van der Waals surface area contributed by atoms with Gasteiger partial charge < -0.3 is 11.1 Å². The highest BCUT2D eigenvalue weighted by atomic mass is 16.6.